The van der Waals surface area contributed by atoms with E-state index < -0.39 is 0 Å². The lowest BCUT2D eigenvalue weighted by molar-refractivity contribution is 0.415. The summed E-state index contributed by atoms with van der Waals surface area (Å²) in [5.41, 5.74) is 2.41. The van der Waals surface area contributed by atoms with Gasteiger partial charge in [0.05, 0.1) is 7.11 Å². The van der Waals surface area contributed by atoms with Crippen LogP contribution in [0.25, 0.3) is 10.9 Å². The molecule has 0 atom stereocenters. The van der Waals surface area contributed by atoms with Crippen LogP contribution in [0.3, 0.4) is 0 Å². The Hall–Kier alpha value is -1.44. The molecule has 0 unspecified atom stereocenters. The van der Waals surface area contributed by atoms with Crippen LogP contribution in [0.1, 0.15) is 5.56 Å². The highest BCUT2D eigenvalue weighted by atomic mass is 16.5. The predicted octanol–water partition coefficient (Wildman–Crippen LogP) is 2.48. The van der Waals surface area contributed by atoms with E-state index in [9.17, 15) is 0 Å². The van der Waals surface area contributed by atoms with Crippen molar-refractivity contribution in [3.8, 4) is 5.75 Å². The summed E-state index contributed by atoms with van der Waals surface area (Å²) in [5.74, 6) is 0.908. The minimum Gasteiger partial charge on any atom is -0.497 e. The lowest BCUT2D eigenvalue weighted by atomic mass is 10.2. The Kier molecular flexibility index (Phi) is 1.54. The van der Waals surface area contributed by atoms with Gasteiger partial charge in [0.25, 0.3) is 0 Å². The molecule has 0 aliphatic carbocycles. The number of H-pyrrole nitrogens is 1. The second-order valence-corrected chi connectivity index (χ2v) is 2.88. The average molecular weight is 161 g/mol. The number of benzene rings is 1. The third-order valence-electron chi connectivity index (χ3n) is 2.10. The van der Waals surface area contributed by atoms with Gasteiger partial charge in [0.2, 0.25) is 0 Å². The molecule has 2 aromatic rings. The molecular weight excluding hydrogens is 150 g/mol. The monoisotopic (exact) mass is 161 g/mol. The number of aromatic amines is 1. The van der Waals surface area contributed by atoms with Gasteiger partial charge in [-0.2, -0.15) is 0 Å². The molecule has 0 radical (unpaired) electrons. The van der Waals surface area contributed by atoms with Crippen LogP contribution < -0.4 is 4.74 Å². The van der Waals surface area contributed by atoms with Gasteiger partial charge in [-0.1, -0.05) is 0 Å². The number of hydrogen-bond acceptors (Lipinski definition) is 1. The molecule has 2 nitrogen and oxygen atoms in total. The molecule has 2 heteroatoms. The summed E-state index contributed by atoms with van der Waals surface area (Å²) in [4.78, 5) is 3.18. The van der Waals surface area contributed by atoms with E-state index in [0.29, 0.717) is 0 Å². The Morgan fingerprint density at radius 3 is 2.92 bits per heavy atom. The van der Waals surface area contributed by atoms with Gasteiger partial charge in [0, 0.05) is 17.1 Å². The summed E-state index contributed by atoms with van der Waals surface area (Å²) in [5, 5.41) is 1.23. The zero-order valence-corrected chi connectivity index (χ0v) is 7.22. The van der Waals surface area contributed by atoms with Crippen LogP contribution >= 0.6 is 0 Å². The first-order chi connectivity index (χ1) is 5.81. The van der Waals surface area contributed by atoms with Gasteiger partial charge < -0.3 is 9.72 Å². The molecule has 1 aromatic carbocycles. The standard InChI is InChI=1S/C10H11NO/c1-7-6-11-10-4-3-8(12-2)5-9(7)10/h3-6,11H,1-2H3. The highest BCUT2D eigenvalue weighted by Gasteiger charge is 1.99. The van der Waals surface area contributed by atoms with Crippen molar-refractivity contribution in [3.05, 3.63) is 30.0 Å². The van der Waals surface area contributed by atoms with Crippen molar-refractivity contribution in [1.82, 2.24) is 4.98 Å². The molecule has 2 rings (SSSR count). The van der Waals surface area contributed by atoms with Crippen LogP contribution in [0.5, 0.6) is 5.75 Å². The van der Waals surface area contributed by atoms with Gasteiger partial charge in [-0.25, -0.2) is 0 Å². The Balaban J connectivity index is 2.71. The molecule has 0 bridgehead atoms. The van der Waals surface area contributed by atoms with Gasteiger partial charge in [-0.15, -0.1) is 0 Å². The normalized spacial score (nSPS) is 10.5. The molecule has 0 spiro atoms. The second-order valence-electron chi connectivity index (χ2n) is 2.88. The van der Waals surface area contributed by atoms with Crippen LogP contribution in [0.2, 0.25) is 0 Å². The Morgan fingerprint density at radius 2 is 2.17 bits per heavy atom. The average Bonchev–Trinajstić information content (AvgIpc) is 2.47. The maximum Gasteiger partial charge on any atom is 0.119 e. The molecule has 1 aromatic heterocycles. The van der Waals surface area contributed by atoms with Crippen molar-refractivity contribution in [3.63, 3.8) is 0 Å². The maximum atomic E-state index is 5.13. The zero-order valence-electron chi connectivity index (χ0n) is 7.22. The molecule has 0 saturated heterocycles. The van der Waals surface area contributed by atoms with E-state index in [1.165, 1.54) is 10.9 Å². The molecule has 0 aliphatic rings. The van der Waals surface area contributed by atoms with E-state index in [-0.39, 0.29) is 0 Å². The number of ether oxygens (including phenoxy) is 1. The van der Waals surface area contributed by atoms with Gasteiger partial charge in [0.15, 0.2) is 0 Å². The van der Waals surface area contributed by atoms with E-state index in [4.69, 9.17) is 4.74 Å². The smallest absolute Gasteiger partial charge is 0.119 e. The predicted molar refractivity (Wildman–Crippen MR) is 49.6 cm³/mol. The quantitative estimate of drug-likeness (QED) is 0.682. The number of nitrogens with one attached hydrogen (secondary N) is 1. The van der Waals surface area contributed by atoms with Gasteiger partial charge >= 0.3 is 0 Å². The maximum absolute atomic E-state index is 5.13. The first kappa shape index (κ1) is 7.22. The van der Waals surface area contributed by atoms with Crippen molar-refractivity contribution in [2.45, 2.75) is 6.92 Å². The molecular formula is C10H11NO. The van der Waals surface area contributed by atoms with Gasteiger partial charge in [-0.3, -0.25) is 0 Å². The number of rotatable bonds is 1. The lowest BCUT2D eigenvalue weighted by Gasteiger charge is -1.98. The van der Waals surface area contributed by atoms with E-state index in [0.717, 1.165) is 11.3 Å². The Labute approximate surface area is 71.2 Å². The zero-order chi connectivity index (χ0) is 8.55. The highest BCUT2D eigenvalue weighted by Crippen LogP contribution is 2.22. The molecule has 12 heavy (non-hydrogen) atoms. The number of methoxy groups -OCH3 is 1. The van der Waals surface area contributed by atoms with Gasteiger partial charge in [0.1, 0.15) is 5.75 Å². The van der Waals surface area contributed by atoms with E-state index in [1.54, 1.807) is 7.11 Å². The van der Waals surface area contributed by atoms with Crippen molar-refractivity contribution in [2.24, 2.45) is 0 Å². The molecule has 62 valence electrons. The highest BCUT2D eigenvalue weighted by molar-refractivity contribution is 5.84. The van der Waals surface area contributed by atoms with Crippen LogP contribution in [0, 0.1) is 6.92 Å². The summed E-state index contributed by atoms with van der Waals surface area (Å²) in [7, 11) is 1.68. The summed E-state index contributed by atoms with van der Waals surface area (Å²) in [6, 6.07) is 6.03. The van der Waals surface area contributed by atoms with Crippen LogP contribution in [-0.2, 0) is 0 Å². The van der Waals surface area contributed by atoms with Crippen LogP contribution in [0.15, 0.2) is 24.4 Å². The van der Waals surface area contributed by atoms with Crippen LogP contribution in [0.4, 0.5) is 0 Å². The van der Waals surface area contributed by atoms with Crippen LogP contribution in [-0.4, -0.2) is 12.1 Å². The SMILES string of the molecule is COc1ccc2[nH]cc(C)c2c1. The number of fused-ring (bicyclic) bond motifs is 1. The number of hydrogen-bond donors (Lipinski definition) is 1. The van der Waals surface area contributed by atoms with E-state index in [1.807, 2.05) is 24.4 Å². The largest absolute Gasteiger partial charge is 0.497 e. The summed E-state index contributed by atoms with van der Waals surface area (Å²) < 4.78 is 5.13. The number of aryl methyl sites for hydroxylation is 1. The minimum atomic E-state index is 0.908. The fourth-order valence-corrected chi connectivity index (χ4v) is 1.37. The molecule has 0 saturated carbocycles. The summed E-state index contributed by atoms with van der Waals surface area (Å²) in [6.45, 7) is 2.08. The molecule has 1 N–H and O–H groups in total. The fraction of sp³-hybridized carbons (Fsp3) is 0.200. The van der Waals surface area contributed by atoms with Crippen molar-refractivity contribution >= 4 is 10.9 Å². The van der Waals surface area contributed by atoms with Crippen molar-refractivity contribution in [2.75, 3.05) is 7.11 Å². The first-order valence-electron chi connectivity index (χ1n) is 3.93. The number of aromatic nitrogens is 1. The lowest BCUT2D eigenvalue weighted by Crippen LogP contribution is -1.81. The third-order valence-corrected chi connectivity index (χ3v) is 2.10. The summed E-state index contributed by atoms with van der Waals surface area (Å²) >= 11 is 0. The van der Waals surface area contributed by atoms with Crippen molar-refractivity contribution in [1.29, 1.82) is 0 Å². The fourth-order valence-electron chi connectivity index (χ4n) is 1.37. The summed E-state index contributed by atoms with van der Waals surface area (Å²) in [6.07, 6.45) is 2.00. The topological polar surface area (TPSA) is 25.0 Å². The molecule has 0 fully saturated rings. The third kappa shape index (κ3) is 0.961. The molecule has 0 aliphatic heterocycles. The Bertz CT molecular complexity index is 403. The van der Waals surface area contributed by atoms with Crippen molar-refractivity contribution < 1.29 is 4.74 Å². The molecule has 1 heterocycles. The van der Waals surface area contributed by atoms with Gasteiger partial charge in [-0.05, 0) is 30.7 Å². The van der Waals surface area contributed by atoms with E-state index in [2.05, 4.69) is 11.9 Å². The second kappa shape index (κ2) is 2.55. The first-order valence-corrected chi connectivity index (χ1v) is 3.93. The minimum absolute atomic E-state index is 0.908. The molecule has 0 amide bonds. The Morgan fingerprint density at radius 1 is 1.33 bits per heavy atom. The van der Waals surface area contributed by atoms with E-state index >= 15 is 0 Å².